The van der Waals surface area contributed by atoms with E-state index in [9.17, 15) is 12.8 Å². The second-order valence-electron chi connectivity index (χ2n) is 4.28. The van der Waals surface area contributed by atoms with Crippen LogP contribution in [0, 0.1) is 5.82 Å². The maximum absolute atomic E-state index is 13.4. The third-order valence-electron chi connectivity index (χ3n) is 2.95. The Morgan fingerprint density at radius 3 is 2.63 bits per heavy atom. The summed E-state index contributed by atoms with van der Waals surface area (Å²) in [4.78, 5) is 1.80. The van der Waals surface area contributed by atoms with Gasteiger partial charge in [0.15, 0.2) is 0 Å². The van der Waals surface area contributed by atoms with Crippen LogP contribution in [0.1, 0.15) is 0 Å². The van der Waals surface area contributed by atoms with Crippen molar-refractivity contribution in [2.75, 3.05) is 39.4 Å². The minimum Gasteiger partial charge on any atom is -0.379 e. The van der Waals surface area contributed by atoms with Crippen molar-refractivity contribution in [1.29, 1.82) is 0 Å². The molecular formula is C12H17FN2O3S. The van der Waals surface area contributed by atoms with E-state index in [-0.39, 0.29) is 11.4 Å². The van der Waals surface area contributed by atoms with E-state index in [1.807, 2.05) is 0 Å². The smallest absolute Gasteiger partial charge is 0.243 e. The van der Waals surface area contributed by atoms with Crippen molar-refractivity contribution in [3.05, 3.63) is 30.1 Å². The molecule has 1 aromatic rings. The van der Waals surface area contributed by atoms with Crippen LogP contribution in [-0.4, -0.2) is 52.7 Å². The van der Waals surface area contributed by atoms with Crippen molar-refractivity contribution in [3.8, 4) is 0 Å². The molecule has 19 heavy (non-hydrogen) atoms. The first-order valence-electron chi connectivity index (χ1n) is 6.14. The molecule has 5 nitrogen and oxygen atoms in total. The van der Waals surface area contributed by atoms with Gasteiger partial charge in [0.25, 0.3) is 0 Å². The van der Waals surface area contributed by atoms with Gasteiger partial charge in [-0.15, -0.1) is 0 Å². The Labute approximate surface area is 112 Å². The molecule has 1 saturated heterocycles. The molecule has 0 unspecified atom stereocenters. The van der Waals surface area contributed by atoms with Gasteiger partial charge >= 0.3 is 0 Å². The lowest BCUT2D eigenvalue weighted by atomic mass is 10.4. The molecule has 0 bridgehead atoms. The summed E-state index contributed by atoms with van der Waals surface area (Å²) in [5, 5.41) is 0. The summed E-state index contributed by atoms with van der Waals surface area (Å²) in [5.74, 6) is -0.735. The molecule has 1 aliphatic heterocycles. The monoisotopic (exact) mass is 288 g/mol. The van der Waals surface area contributed by atoms with Crippen LogP contribution in [0.4, 0.5) is 4.39 Å². The Balaban J connectivity index is 1.89. The van der Waals surface area contributed by atoms with E-state index in [0.29, 0.717) is 19.8 Å². The highest BCUT2D eigenvalue weighted by molar-refractivity contribution is 7.89. The van der Waals surface area contributed by atoms with E-state index < -0.39 is 15.8 Å². The van der Waals surface area contributed by atoms with Crippen molar-refractivity contribution in [2.45, 2.75) is 4.90 Å². The fourth-order valence-electron chi connectivity index (χ4n) is 1.90. The summed E-state index contributed by atoms with van der Waals surface area (Å²) in [6, 6.07) is 5.35. The van der Waals surface area contributed by atoms with Crippen molar-refractivity contribution in [3.63, 3.8) is 0 Å². The quantitative estimate of drug-likeness (QED) is 0.854. The number of nitrogens with zero attached hydrogens (tertiary/aromatic N) is 1. The zero-order chi connectivity index (χ0) is 13.7. The van der Waals surface area contributed by atoms with Crippen LogP contribution in [0.3, 0.4) is 0 Å². The molecule has 1 aliphatic rings. The van der Waals surface area contributed by atoms with Crippen LogP contribution in [0.25, 0.3) is 0 Å². The first-order valence-corrected chi connectivity index (χ1v) is 7.62. The van der Waals surface area contributed by atoms with Gasteiger partial charge in [0, 0.05) is 26.2 Å². The highest BCUT2D eigenvalue weighted by Crippen LogP contribution is 2.12. The molecule has 0 atom stereocenters. The highest BCUT2D eigenvalue weighted by Gasteiger charge is 2.18. The third-order valence-corrected chi connectivity index (χ3v) is 4.44. The lowest BCUT2D eigenvalue weighted by molar-refractivity contribution is 0.0390. The summed E-state index contributed by atoms with van der Waals surface area (Å²) in [7, 11) is -3.77. The van der Waals surface area contributed by atoms with Crippen LogP contribution in [0.2, 0.25) is 0 Å². The maximum atomic E-state index is 13.4. The SMILES string of the molecule is O=S(=O)(NCCN1CCOCC1)c1ccccc1F. The van der Waals surface area contributed by atoms with Gasteiger partial charge in [-0.25, -0.2) is 17.5 Å². The topological polar surface area (TPSA) is 58.6 Å². The molecule has 1 aromatic carbocycles. The van der Waals surface area contributed by atoms with Gasteiger partial charge in [0.1, 0.15) is 10.7 Å². The van der Waals surface area contributed by atoms with Crippen molar-refractivity contribution in [2.24, 2.45) is 0 Å². The molecule has 0 amide bonds. The lowest BCUT2D eigenvalue weighted by Gasteiger charge is -2.26. The number of morpholine rings is 1. The second kappa shape index (κ2) is 6.42. The normalized spacial score (nSPS) is 17.5. The molecule has 1 N–H and O–H groups in total. The van der Waals surface area contributed by atoms with Gasteiger partial charge in [-0.3, -0.25) is 4.90 Å². The molecule has 0 aliphatic carbocycles. The molecule has 106 valence electrons. The predicted molar refractivity (Wildman–Crippen MR) is 68.8 cm³/mol. The second-order valence-corrected chi connectivity index (χ2v) is 6.02. The summed E-state index contributed by atoms with van der Waals surface area (Å²) in [6.45, 7) is 3.77. The van der Waals surface area contributed by atoms with E-state index in [2.05, 4.69) is 9.62 Å². The highest BCUT2D eigenvalue weighted by atomic mass is 32.2. The van der Waals surface area contributed by atoms with Gasteiger partial charge < -0.3 is 4.74 Å². The number of nitrogens with one attached hydrogen (secondary N) is 1. The van der Waals surface area contributed by atoms with Crippen molar-refractivity contribution >= 4 is 10.0 Å². The summed E-state index contributed by atoms with van der Waals surface area (Å²) in [5.41, 5.74) is 0. The molecule has 7 heteroatoms. The van der Waals surface area contributed by atoms with Crippen molar-refractivity contribution in [1.82, 2.24) is 9.62 Å². The summed E-state index contributed by atoms with van der Waals surface area (Å²) in [6.07, 6.45) is 0. The van der Waals surface area contributed by atoms with E-state index >= 15 is 0 Å². The first kappa shape index (κ1) is 14.4. The van der Waals surface area contributed by atoms with Gasteiger partial charge in [-0.2, -0.15) is 0 Å². The number of sulfonamides is 1. The molecule has 2 rings (SSSR count). The Kier molecular flexibility index (Phi) is 4.87. The lowest BCUT2D eigenvalue weighted by Crippen LogP contribution is -2.41. The van der Waals surface area contributed by atoms with Crippen molar-refractivity contribution < 1.29 is 17.5 Å². The van der Waals surface area contributed by atoms with Crippen LogP contribution >= 0.6 is 0 Å². The minimum absolute atomic E-state index is 0.261. The Bertz CT molecular complexity index is 515. The maximum Gasteiger partial charge on any atom is 0.243 e. The number of halogens is 1. The van der Waals surface area contributed by atoms with Crippen LogP contribution in [-0.2, 0) is 14.8 Å². The predicted octanol–water partition coefficient (Wildman–Crippen LogP) is 0.436. The minimum atomic E-state index is -3.77. The number of hydrogen-bond donors (Lipinski definition) is 1. The molecular weight excluding hydrogens is 271 g/mol. The van der Waals surface area contributed by atoms with Crippen LogP contribution in [0.15, 0.2) is 29.2 Å². The number of rotatable bonds is 5. The van der Waals surface area contributed by atoms with Gasteiger partial charge in [0.05, 0.1) is 13.2 Å². The standard InChI is InChI=1S/C12H17FN2O3S/c13-11-3-1-2-4-12(11)19(16,17)14-5-6-15-7-9-18-10-8-15/h1-4,14H,5-10H2. The Morgan fingerprint density at radius 1 is 1.26 bits per heavy atom. The van der Waals surface area contributed by atoms with E-state index in [1.54, 1.807) is 0 Å². The molecule has 0 saturated carbocycles. The Morgan fingerprint density at radius 2 is 1.95 bits per heavy atom. The number of ether oxygens (including phenoxy) is 1. The number of hydrogen-bond acceptors (Lipinski definition) is 4. The van der Waals surface area contributed by atoms with Crippen LogP contribution in [0.5, 0.6) is 0 Å². The fraction of sp³-hybridized carbons (Fsp3) is 0.500. The summed E-state index contributed by atoms with van der Waals surface area (Å²) < 4.78 is 44.8. The van der Waals surface area contributed by atoms with E-state index in [0.717, 1.165) is 19.2 Å². The van der Waals surface area contributed by atoms with E-state index in [4.69, 9.17) is 4.74 Å². The van der Waals surface area contributed by atoms with Gasteiger partial charge in [-0.1, -0.05) is 12.1 Å². The fourth-order valence-corrected chi connectivity index (χ4v) is 3.00. The van der Waals surface area contributed by atoms with E-state index in [1.165, 1.54) is 18.2 Å². The number of benzene rings is 1. The molecule has 0 spiro atoms. The third kappa shape index (κ3) is 3.97. The average Bonchev–Trinajstić information content (AvgIpc) is 2.40. The molecule has 0 aromatic heterocycles. The van der Waals surface area contributed by atoms with Gasteiger partial charge in [-0.05, 0) is 12.1 Å². The molecule has 0 radical (unpaired) electrons. The molecule has 1 fully saturated rings. The summed E-state index contributed by atoms with van der Waals surface area (Å²) >= 11 is 0. The molecule has 1 heterocycles. The zero-order valence-corrected chi connectivity index (χ0v) is 11.3. The Hall–Kier alpha value is -1.02. The van der Waals surface area contributed by atoms with Crippen LogP contribution < -0.4 is 4.72 Å². The largest absolute Gasteiger partial charge is 0.379 e. The zero-order valence-electron chi connectivity index (χ0n) is 10.5. The van der Waals surface area contributed by atoms with Gasteiger partial charge in [0.2, 0.25) is 10.0 Å². The average molecular weight is 288 g/mol. The first-order chi connectivity index (χ1) is 9.09.